The molecule has 2 amide bonds. The van der Waals surface area contributed by atoms with Crippen molar-refractivity contribution in [3.63, 3.8) is 0 Å². The molecule has 8 heteroatoms. The van der Waals surface area contributed by atoms with Crippen molar-refractivity contribution in [3.05, 3.63) is 54.2 Å². The number of carbonyl (C=O) groups is 1. The molecule has 0 aliphatic heterocycles. The first-order valence-corrected chi connectivity index (χ1v) is 6.29. The highest BCUT2D eigenvalue weighted by atomic mass is 19.1. The number of halogens is 2. The molecule has 0 saturated heterocycles. The normalized spacial score (nSPS) is 10.6. The Labute approximate surface area is 123 Å². The Morgan fingerprint density at radius 2 is 1.95 bits per heavy atom. The summed E-state index contributed by atoms with van der Waals surface area (Å²) in [4.78, 5) is 13.0. The zero-order chi connectivity index (χ0) is 15.7. The number of fused-ring (bicyclic) bond motifs is 1. The summed E-state index contributed by atoms with van der Waals surface area (Å²) in [5.74, 6) is 4.13. The van der Waals surface area contributed by atoms with Crippen molar-refractivity contribution in [2.24, 2.45) is 0 Å². The molecule has 3 aromatic rings. The maximum atomic E-state index is 13.4. The van der Waals surface area contributed by atoms with E-state index in [1.807, 2.05) is 0 Å². The third-order valence-corrected chi connectivity index (χ3v) is 2.96. The summed E-state index contributed by atoms with van der Waals surface area (Å²) in [5, 5.41) is 9.56. The van der Waals surface area contributed by atoms with Gasteiger partial charge in [0.05, 0.1) is 17.4 Å². The molecule has 4 N–H and O–H groups in total. The molecule has 2 aromatic carbocycles. The molecule has 3 rings (SSSR count). The van der Waals surface area contributed by atoms with Gasteiger partial charge in [-0.2, -0.15) is 9.89 Å². The number of nitrogen functional groups attached to an aromatic ring is 1. The average Bonchev–Trinajstić information content (AvgIpc) is 2.82. The van der Waals surface area contributed by atoms with Gasteiger partial charge in [0.25, 0.3) is 0 Å². The Morgan fingerprint density at radius 3 is 2.77 bits per heavy atom. The van der Waals surface area contributed by atoms with E-state index in [-0.39, 0.29) is 5.69 Å². The second-order valence-electron chi connectivity index (χ2n) is 4.59. The number of nitrogens with one attached hydrogen (secondary N) is 2. The first-order chi connectivity index (χ1) is 10.5. The number of nitrogens with zero attached hydrogens (tertiary/aromatic N) is 2. The predicted molar refractivity (Wildman–Crippen MR) is 78.9 cm³/mol. The Morgan fingerprint density at radius 1 is 1.14 bits per heavy atom. The van der Waals surface area contributed by atoms with Crippen LogP contribution >= 0.6 is 0 Å². The molecule has 0 aliphatic carbocycles. The van der Waals surface area contributed by atoms with E-state index in [9.17, 15) is 13.6 Å². The van der Waals surface area contributed by atoms with E-state index in [1.165, 1.54) is 0 Å². The smallest absolute Gasteiger partial charge is 0.323 e. The summed E-state index contributed by atoms with van der Waals surface area (Å²) in [6.45, 7) is 0. The Kier molecular flexibility index (Phi) is 3.34. The fourth-order valence-electron chi connectivity index (χ4n) is 1.99. The first-order valence-electron chi connectivity index (χ1n) is 6.29. The quantitative estimate of drug-likeness (QED) is 0.636. The van der Waals surface area contributed by atoms with Gasteiger partial charge in [0, 0.05) is 17.1 Å². The number of hydrogen-bond acceptors (Lipinski definition) is 3. The number of urea groups is 1. The standard InChI is InChI=1S/C14H11F2N5O/c15-9-2-4-11(16)13(5-9)19-14(22)18-10-3-1-8-7-21(17)20-12(8)6-10/h1-7H,17H2,(H2,18,19,22). The van der Waals surface area contributed by atoms with Crippen LogP contribution in [-0.4, -0.2) is 15.9 Å². The van der Waals surface area contributed by atoms with Crippen LogP contribution in [0.5, 0.6) is 0 Å². The van der Waals surface area contributed by atoms with Gasteiger partial charge in [-0.05, 0) is 30.3 Å². The number of carbonyl (C=O) groups excluding carboxylic acids is 1. The van der Waals surface area contributed by atoms with Crippen LogP contribution in [0.2, 0.25) is 0 Å². The number of rotatable bonds is 2. The molecular formula is C14H11F2N5O. The highest BCUT2D eigenvalue weighted by Gasteiger charge is 2.09. The highest BCUT2D eigenvalue weighted by molar-refractivity contribution is 6.00. The lowest BCUT2D eigenvalue weighted by Gasteiger charge is -2.08. The van der Waals surface area contributed by atoms with Gasteiger partial charge in [0.15, 0.2) is 0 Å². The minimum Gasteiger partial charge on any atom is -0.323 e. The summed E-state index contributed by atoms with van der Waals surface area (Å²) in [6.07, 6.45) is 1.63. The molecule has 0 aliphatic rings. The van der Waals surface area contributed by atoms with Crippen molar-refractivity contribution in [1.82, 2.24) is 9.89 Å². The van der Waals surface area contributed by atoms with Crippen molar-refractivity contribution < 1.29 is 13.6 Å². The molecule has 0 radical (unpaired) electrons. The van der Waals surface area contributed by atoms with Crippen molar-refractivity contribution in [2.45, 2.75) is 0 Å². The number of nitrogens with two attached hydrogens (primary N) is 1. The van der Waals surface area contributed by atoms with E-state index in [1.54, 1.807) is 24.4 Å². The maximum absolute atomic E-state index is 13.4. The Hall–Kier alpha value is -3.16. The summed E-state index contributed by atoms with van der Waals surface area (Å²) in [6, 6.07) is 7.08. The molecule has 0 unspecified atom stereocenters. The highest BCUT2D eigenvalue weighted by Crippen LogP contribution is 2.19. The van der Waals surface area contributed by atoms with E-state index in [0.717, 1.165) is 28.4 Å². The van der Waals surface area contributed by atoms with Crippen LogP contribution in [-0.2, 0) is 0 Å². The lowest BCUT2D eigenvalue weighted by Crippen LogP contribution is -2.20. The van der Waals surface area contributed by atoms with Gasteiger partial charge < -0.3 is 16.5 Å². The zero-order valence-corrected chi connectivity index (χ0v) is 11.2. The van der Waals surface area contributed by atoms with Crippen LogP contribution < -0.4 is 16.5 Å². The van der Waals surface area contributed by atoms with Crippen molar-refractivity contribution in [3.8, 4) is 0 Å². The lowest BCUT2D eigenvalue weighted by molar-refractivity contribution is 0.262. The van der Waals surface area contributed by atoms with E-state index in [0.29, 0.717) is 11.2 Å². The minimum absolute atomic E-state index is 0.246. The van der Waals surface area contributed by atoms with Gasteiger partial charge in [-0.25, -0.2) is 13.6 Å². The van der Waals surface area contributed by atoms with Gasteiger partial charge in [-0.1, -0.05) is 0 Å². The molecule has 112 valence electrons. The van der Waals surface area contributed by atoms with E-state index < -0.39 is 17.7 Å². The van der Waals surface area contributed by atoms with Crippen LogP contribution in [0.15, 0.2) is 42.6 Å². The van der Waals surface area contributed by atoms with E-state index >= 15 is 0 Å². The molecule has 22 heavy (non-hydrogen) atoms. The third kappa shape index (κ3) is 2.80. The molecule has 1 aromatic heterocycles. The fraction of sp³-hybridized carbons (Fsp3) is 0. The van der Waals surface area contributed by atoms with Crippen molar-refractivity contribution >= 4 is 28.3 Å². The minimum atomic E-state index is -0.728. The molecule has 0 spiro atoms. The van der Waals surface area contributed by atoms with E-state index in [4.69, 9.17) is 5.84 Å². The van der Waals surface area contributed by atoms with E-state index in [2.05, 4.69) is 15.7 Å². The van der Waals surface area contributed by atoms with Crippen LogP contribution in [0.1, 0.15) is 0 Å². The van der Waals surface area contributed by atoms with Crippen molar-refractivity contribution in [2.75, 3.05) is 16.5 Å². The zero-order valence-electron chi connectivity index (χ0n) is 11.2. The summed E-state index contributed by atoms with van der Waals surface area (Å²) in [7, 11) is 0. The Bertz CT molecular complexity index is 862. The number of aromatic nitrogens is 2. The van der Waals surface area contributed by atoms with Gasteiger partial charge in [0.1, 0.15) is 11.6 Å². The molecule has 0 saturated carbocycles. The predicted octanol–water partition coefficient (Wildman–Crippen LogP) is 2.67. The first kappa shape index (κ1) is 13.8. The third-order valence-electron chi connectivity index (χ3n) is 2.96. The van der Waals surface area contributed by atoms with Crippen LogP contribution in [0, 0.1) is 11.6 Å². The summed E-state index contributed by atoms with van der Waals surface area (Å²) >= 11 is 0. The number of hydrogen-bond donors (Lipinski definition) is 3. The second kappa shape index (κ2) is 5.32. The molecule has 0 atom stereocenters. The van der Waals surface area contributed by atoms with Gasteiger partial charge in [-0.15, -0.1) is 0 Å². The van der Waals surface area contributed by atoms with Crippen molar-refractivity contribution in [1.29, 1.82) is 0 Å². The topological polar surface area (TPSA) is 85.0 Å². The average molecular weight is 303 g/mol. The fourth-order valence-corrected chi connectivity index (χ4v) is 1.99. The SMILES string of the molecule is Nn1cc2ccc(NC(=O)Nc3cc(F)ccc3F)cc2n1. The molecule has 1 heterocycles. The molecular weight excluding hydrogens is 292 g/mol. The van der Waals surface area contributed by atoms with Crippen LogP contribution in [0.3, 0.4) is 0 Å². The van der Waals surface area contributed by atoms with Gasteiger partial charge >= 0.3 is 6.03 Å². The van der Waals surface area contributed by atoms with Gasteiger partial charge in [-0.3, -0.25) is 0 Å². The summed E-state index contributed by atoms with van der Waals surface area (Å²) in [5.41, 5.74) is 0.794. The molecule has 6 nitrogen and oxygen atoms in total. The largest absolute Gasteiger partial charge is 0.323 e. The molecule has 0 bridgehead atoms. The monoisotopic (exact) mass is 303 g/mol. The maximum Gasteiger partial charge on any atom is 0.323 e. The van der Waals surface area contributed by atoms with Crippen LogP contribution in [0.25, 0.3) is 10.9 Å². The number of benzene rings is 2. The van der Waals surface area contributed by atoms with Crippen LogP contribution in [0.4, 0.5) is 25.0 Å². The summed E-state index contributed by atoms with van der Waals surface area (Å²) < 4.78 is 26.5. The second-order valence-corrected chi connectivity index (χ2v) is 4.59. The number of amides is 2. The van der Waals surface area contributed by atoms with Gasteiger partial charge in [0.2, 0.25) is 0 Å². The molecule has 0 fully saturated rings. The Balaban J connectivity index is 1.76. The number of anilines is 2. The lowest BCUT2D eigenvalue weighted by atomic mass is 10.2.